The van der Waals surface area contributed by atoms with Gasteiger partial charge in [-0.2, -0.15) is 0 Å². The topological polar surface area (TPSA) is 82.3 Å². The van der Waals surface area contributed by atoms with Gasteiger partial charge in [-0.15, -0.1) is 0 Å². The Morgan fingerprint density at radius 1 is 0.472 bits per heavy atom. The summed E-state index contributed by atoms with van der Waals surface area (Å²) in [4.78, 5) is 25.3. The Bertz CT molecular complexity index is 1180. The number of hydrogen-bond acceptors (Lipinski definition) is 4. The van der Waals surface area contributed by atoms with E-state index >= 15 is 0 Å². The molecule has 0 bridgehead atoms. The van der Waals surface area contributed by atoms with Crippen LogP contribution in [0.2, 0.25) is 10.0 Å². The molecule has 4 aromatic carbocycles. The second-order valence-corrected chi connectivity index (χ2v) is 8.86. The third-order valence-electron chi connectivity index (χ3n) is 5.54. The Morgan fingerprint density at radius 3 is 1.11 bits per heavy atom. The molecule has 0 saturated heterocycles. The van der Waals surface area contributed by atoms with Crippen molar-refractivity contribution in [2.24, 2.45) is 0 Å². The number of carbonyl (C=O) groups excluding carboxylic acids is 2. The van der Waals surface area contributed by atoms with E-state index in [-0.39, 0.29) is 12.1 Å². The van der Waals surface area contributed by atoms with Crippen LogP contribution in [0, 0.1) is 0 Å². The van der Waals surface area contributed by atoms with Crippen molar-refractivity contribution in [2.45, 2.75) is 12.1 Å². The van der Waals surface area contributed by atoms with Crippen LogP contribution in [0.25, 0.3) is 0 Å². The molecule has 4 N–H and O–H groups in total. The zero-order valence-corrected chi connectivity index (χ0v) is 20.6. The van der Waals surface area contributed by atoms with Gasteiger partial charge in [0.2, 0.25) is 0 Å². The van der Waals surface area contributed by atoms with Crippen molar-refractivity contribution in [2.75, 3.05) is 0 Å². The van der Waals surface area contributed by atoms with Crippen molar-refractivity contribution >= 4 is 35.0 Å². The van der Waals surface area contributed by atoms with Crippen LogP contribution in [-0.2, 0) is 9.59 Å². The Morgan fingerprint density at radius 2 is 0.778 bits per heavy atom. The maximum atomic E-state index is 12.6. The summed E-state index contributed by atoms with van der Waals surface area (Å²) in [6, 6.07) is 32.9. The molecule has 0 unspecified atom stereocenters. The first-order valence-corrected chi connectivity index (χ1v) is 12.0. The van der Waals surface area contributed by atoms with Crippen molar-refractivity contribution in [1.82, 2.24) is 21.7 Å². The molecule has 0 radical (unpaired) electrons. The molecule has 4 aromatic rings. The molecule has 0 aliphatic heterocycles. The summed E-state index contributed by atoms with van der Waals surface area (Å²) in [5, 5.41) is 1.21. The third-order valence-corrected chi connectivity index (χ3v) is 6.04. The predicted octanol–water partition coefficient (Wildman–Crippen LogP) is 5.11. The molecular formula is C28H24Cl2N4O2. The van der Waals surface area contributed by atoms with Crippen molar-refractivity contribution in [3.63, 3.8) is 0 Å². The lowest BCUT2D eigenvalue weighted by Gasteiger charge is -2.22. The van der Waals surface area contributed by atoms with E-state index in [1.54, 1.807) is 24.3 Å². The molecular weight excluding hydrogens is 495 g/mol. The smallest absolute Gasteiger partial charge is 0.282 e. The normalized spacial score (nSPS) is 12.4. The summed E-state index contributed by atoms with van der Waals surface area (Å²) in [6.45, 7) is 0. The fraction of sp³-hybridized carbons (Fsp3) is 0.0714. The molecule has 6 nitrogen and oxygen atoms in total. The van der Waals surface area contributed by atoms with Gasteiger partial charge in [-0.25, -0.2) is 10.9 Å². The van der Waals surface area contributed by atoms with Gasteiger partial charge in [-0.1, -0.05) is 108 Å². The van der Waals surface area contributed by atoms with Gasteiger partial charge in [0.1, 0.15) is 0 Å². The van der Waals surface area contributed by atoms with E-state index in [2.05, 4.69) is 21.7 Å². The minimum absolute atomic E-state index is 0.390. The summed E-state index contributed by atoms with van der Waals surface area (Å²) < 4.78 is 0. The predicted molar refractivity (Wildman–Crippen MR) is 142 cm³/mol. The average Bonchev–Trinajstić information content (AvgIpc) is 2.92. The Kier molecular flexibility index (Phi) is 8.71. The number of carbonyl (C=O) groups is 2. The maximum Gasteiger partial charge on any atom is 0.324 e. The molecule has 0 saturated carbocycles. The van der Waals surface area contributed by atoms with Crippen molar-refractivity contribution < 1.29 is 9.59 Å². The Hall–Kier alpha value is -3.68. The van der Waals surface area contributed by atoms with Gasteiger partial charge in [0.05, 0.1) is 12.1 Å². The molecule has 0 aliphatic rings. The first kappa shape index (κ1) is 25.4. The summed E-state index contributed by atoms with van der Waals surface area (Å²) >= 11 is 12.1. The molecule has 0 aromatic heterocycles. The quantitative estimate of drug-likeness (QED) is 0.193. The lowest BCUT2D eigenvalue weighted by molar-refractivity contribution is -0.140. The number of amides is 2. The van der Waals surface area contributed by atoms with Crippen molar-refractivity contribution in [3.05, 3.63) is 141 Å². The van der Waals surface area contributed by atoms with Gasteiger partial charge in [-0.3, -0.25) is 20.4 Å². The van der Waals surface area contributed by atoms with Crippen molar-refractivity contribution in [3.8, 4) is 0 Å². The number of hydrazine groups is 2. The van der Waals surface area contributed by atoms with Crippen molar-refractivity contribution in [1.29, 1.82) is 0 Å². The summed E-state index contributed by atoms with van der Waals surface area (Å²) in [6.07, 6.45) is 0. The standard InChI is InChI=1S/C28H24Cl2N4O2/c29-23-15-11-21(12-16-23)25(19-7-3-1-4-8-19)31-33-27(35)28(36)34-32-26(20-9-5-2-6-10-20)22-13-17-24(30)18-14-22/h1-18,25-26,31-32H,(H,33,35)(H,34,36)/t25-,26-/m1/s1. The van der Waals surface area contributed by atoms with E-state index < -0.39 is 11.8 Å². The highest BCUT2D eigenvalue weighted by Gasteiger charge is 2.20. The zero-order chi connectivity index (χ0) is 25.3. The molecule has 4 rings (SSSR count). The number of rotatable bonds is 8. The number of benzene rings is 4. The van der Waals surface area contributed by atoms with Gasteiger partial charge in [0.25, 0.3) is 0 Å². The molecule has 8 heteroatoms. The van der Waals surface area contributed by atoms with Crippen LogP contribution in [0.5, 0.6) is 0 Å². The summed E-state index contributed by atoms with van der Waals surface area (Å²) in [7, 11) is 0. The van der Waals surface area contributed by atoms with Crippen LogP contribution in [-0.4, -0.2) is 11.8 Å². The van der Waals surface area contributed by atoms with Crippen LogP contribution in [0.3, 0.4) is 0 Å². The zero-order valence-electron chi connectivity index (χ0n) is 19.1. The molecule has 182 valence electrons. The molecule has 2 atom stereocenters. The Labute approximate surface area is 219 Å². The van der Waals surface area contributed by atoms with E-state index in [9.17, 15) is 9.59 Å². The van der Waals surface area contributed by atoms with Crippen LogP contribution >= 0.6 is 23.2 Å². The van der Waals surface area contributed by atoms with Gasteiger partial charge in [0, 0.05) is 10.0 Å². The maximum absolute atomic E-state index is 12.6. The van der Waals surface area contributed by atoms with Gasteiger partial charge in [0.15, 0.2) is 0 Å². The number of halogens is 2. The van der Waals surface area contributed by atoms with Crippen LogP contribution in [0.1, 0.15) is 34.3 Å². The summed E-state index contributed by atoms with van der Waals surface area (Å²) in [5.74, 6) is -1.69. The highest BCUT2D eigenvalue weighted by molar-refractivity contribution is 6.34. The fourth-order valence-electron chi connectivity index (χ4n) is 3.71. The van der Waals surface area contributed by atoms with E-state index in [1.165, 1.54) is 0 Å². The van der Waals surface area contributed by atoms with Gasteiger partial charge >= 0.3 is 11.8 Å². The van der Waals surface area contributed by atoms with E-state index in [0.29, 0.717) is 10.0 Å². The van der Waals surface area contributed by atoms with Gasteiger partial charge in [-0.05, 0) is 46.5 Å². The largest absolute Gasteiger partial charge is 0.324 e. The molecule has 0 heterocycles. The highest BCUT2D eigenvalue weighted by atomic mass is 35.5. The first-order chi connectivity index (χ1) is 17.5. The number of nitrogens with one attached hydrogen (secondary N) is 4. The average molecular weight is 519 g/mol. The number of hydrogen-bond donors (Lipinski definition) is 4. The molecule has 0 spiro atoms. The summed E-state index contributed by atoms with van der Waals surface area (Å²) in [5.41, 5.74) is 14.5. The van der Waals surface area contributed by atoms with E-state index in [4.69, 9.17) is 23.2 Å². The van der Waals surface area contributed by atoms with Gasteiger partial charge < -0.3 is 0 Å². The monoisotopic (exact) mass is 518 g/mol. The molecule has 36 heavy (non-hydrogen) atoms. The second kappa shape index (κ2) is 12.3. The minimum Gasteiger partial charge on any atom is -0.282 e. The van der Waals surface area contributed by atoms with E-state index in [1.807, 2.05) is 84.9 Å². The van der Waals surface area contributed by atoms with Crippen LogP contribution in [0.15, 0.2) is 109 Å². The van der Waals surface area contributed by atoms with Crippen LogP contribution in [0.4, 0.5) is 0 Å². The lowest BCUT2D eigenvalue weighted by Crippen LogP contribution is -2.51. The Balaban J connectivity index is 1.43. The molecule has 0 aliphatic carbocycles. The molecule has 2 amide bonds. The second-order valence-electron chi connectivity index (χ2n) is 7.99. The lowest BCUT2D eigenvalue weighted by atomic mass is 9.99. The molecule has 0 fully saturated rings. The first-order valence-electron chi connectivity index (χ1n) is 11.2. The van der Waals surface area contributed by atoms with Crippen LogP contribution < -0.4 is 21.7 Å². The fourth-order valence-corrected chi connectivity index (χ4v) is 3.96. The third kappa shape index (κ3) is 6.71. The highest BCUT2D eigenvalue weighted by Crippen LogP contribution is 2.24. The van der Waals surface area contributed by atoms with E-state index in [0.717, 1.165) is 22.3 Å². The minimum atomic E-state index is -0.847. The SMILES string of the molecule is O=C(NN[C@H](c1ccccc1)c1ccc(Cl)cc1)C(=O)NN[C@H](c1ccccc1)c1ccc(Cl)cc1.